The predicted molar refractivity (Wildman–Crippen MR) is 71.1 cm³/mol. The van der Waals surface area contributed by atoms with Crippen molar-refractivity contribution in [3.05, 3.63) is 0 Å². The molecule has 1 fully saturated rings. The zero-order valence-corrected chi connectivity index (χ0v) is 11.3. The number of hydrogen-bond donors (Lipinski definition) is 2. The first kappa shape index (κ1) is 13.8. The van der Waals surface area contributed by atoms with Crippen molar-refractivity contribution in [2.45, 2.75) is 25.9 Å². The minimum atomic E-state index is 0.214. The number of nitrogen functional groups attached to an aromatic ring is 1. The Hall–Kier alpha value is -1.67. The van der Waals surface area contributed by atoms with Crippen LogP contribution in [-0.4, -0.2) is 47.9 Å². The molecular formula is C11H20N6O2. The van der Waals surface area contributed by atoms with Crippen LogP contribution in [0.2, 0.25) is 0 Å². The number of aromatic nitrogens is 3. The molecule has 0 amide bonds. The van der Waals surface area contributed by atoms with Crippen LogP contribution in [0.15, 0.2) is 0 Å². The van der Waals surface area contributed by atoms with E-state index >= 15 is 0 Å². The molecule has 0 bridgehead atoms. The Morgan fingerprint density at radius 3 is 2.89 bits per heavy atom. The van der Waals surface area contributed by atoms with E-state index in [0.29, 0.717) is 24.5 Å². The molecular weight excluding hydrogens is 248 g/mol. The second-order valence-electron chi connectivity index (χ2n) is 4.33. The molecule has 1 aromatic heterocycles. The highest BCUT2D eigenvalue weighted by Gasteiger charge is 2.25. The second-order valence-corrected chi connectivity index (χ2v) is 4.33. The number of nitrogens with two attached hydrogens (primary N) is 1. The van der Waals surface area contributed by atoms with Gasteiger partial charge in [0.1, 0.15) is 0 Å². The molecule has 8 heteroatoms. The smallest absolute Gasteiger partial charge is 0.323 e. The number of anilines is 2. The summed E-state index contributed by atoms with van der Waals surface area (Å²) in [5.41, 5.74) is 2.43. The minimum absolute atomic E-state index is 0.214. The Morgan fingerprint density at radius 2 is 2.26 bits per heavy atom. The lowest BCUT2D eigenvalue weighted by Crippen LogP contribution is -2.25. The van der Waals surface area contributed by atoms with Crippen LogP contribution in [0.5, 0.6) is 6.01 Å². The molecule has 0 spiro atoms. The van der Waals surface area contributed by atoms with Crippen LogP contribution in [0.1, 0.15) is 19.8 Å². The number of methoxy groups -OCH3 is 1. The molecule has 3 N–H and O–H groups in total. The van der Waals surface area contributed by atoms with Crippen LogP contribution in [0, 0.1) is 0 Å². The highest BCUT2D eigenvalue weighted by molar-refractivity contribution is 5.38. The maximum absolute atomic E-state index is 5.44. The van der Waals surface area contributed by atoms with Crippen molar-refractivity contribution in [2.75, 3.05) is 37.1 Å². The van der Waals surface area contributed by atoms with Crippen molar-refractivity contribution in [3.63, 3.8) is 0 Å². The molecule has 1 aliphatic rings. The highest BCUT2D eigenvalue weighted by atomic mass is 16.5. The van der Waals surface area contributed by atoms with Gasteiger partial charge in [-0.05, 0) is 12.8 Å². The Morgan fingerprint density at radius 1 is 1.42 bits per heavy atom. The van der Waals surface area contributed by atoms with E-state index in [4.69, 9.17) is 15.3 Å². The van der Waals surface area contributed by atoms with E-state index < -0.39 is 0 Å². The van der Waals surface area contributed by atoms with Gasteiger partial charge in [0.05, 0.1) is 12.7 Å². The van der Waals surface area contributed by atoms with E-state index in [0.717, 1.165) is 25.9 Å². The van der Waals surface area contributed by atoms with E-state index in [9.17, 15) is 0 Å². The molecule has 106 valence electrons. The van der Waals surface area contributed by atoms with Crippen LogP contribution >= 0.6 is 0 Å². The van der Waals surface area contributed by atoms with Gasteiger partial charge in [-0.15, -0.1) is 0 Å². The molecule has 1 aromatic rings. The summed E-state index contributed by atoms with van der Waals surface area (Å²) in [7, 11) is 1.71. The van der Waals surface area contributed by atoms with Crippen LogP contribution in [0.25, 0.3) is 0 Å². The SMILES string of the molecule is CCCOc1nc(NN)nc(N2CCC(OC)C2)n1. The summed E-state index contributed by atoms with van der Waals surface area (Å²) in [6.45, 7) is 4.19. The van der Waals surface area contributed by atoms with E-state index in [1.165, 1.54) is 0 Å². The molecule has 19 heavy (non-hydrogen) atoms. The third kappa shape index (κ3) is 3.42. The van der Waals surface area contributed by atoms with Crippen molar-refractivity contribution in [1.29, 1.82) is 0 Å². The monoisotopic (exact) mass is 268 g/mol. The first-order valence-corrected chi connectivity index (χ1v) is 6.40. The van der Waals surface area contributed by atoms with E-state index in [2.05, 4.69) is 20.4 Å². The first-order chi connectivity index (χ1) is 9.26. The Balaban J connectivity index is 2.14. The van der Waals surface area contributed by atoms with Crippen molar-refractivity contribution in [2.24, 2.45) is 5.84 Å². The molecule has 1 unspecified atom stereocenters. The lowest BCUT2D eigenvalue weighted by atomic mass is 10.3. The second kappa shape index (κ2) is 6.48. The molecule has 0 aliphatic carbocycles. The van der Waals surface area contributed by atoms with Gasteiger partial charge in [0, 0.05) is 20.2 Å². The van der Waals surface area contributed by atoms with Crippen LogP contribution in [0.3, 0.4) is 0 Å². The first-order valence-electron chi connectivity index (χ1n) is 6.40. The maximum atomic E-state index is 5.44. The standard InChI is InChI=1S/C11H20N6O2/c1-3-6-19-11-14-9(16-12)13-10(15-11)17-5-4-8(7-17)18-2/h8H,3-7,12H2,1-2H3,(H,13,14,15,16). The molecule has 0 radical (unpaired) electrons. The number of hydrazine groups is 1. The van der Waals surface area contributed by atoms with Gasteiger partial charge in [-0.1, -0.05) is 6.92 Å². The number of hydrogen-bond acceptors (Lipinski definition) is 8. The minimum Gasteiger partial charge on any atom is -0.463 e. The normalized spacial score (nSPS) is 18.7. The molecule has 0 aromatic carbocycles. The van der Waals surface area contributed by atoms with Crippen LogP contribution in [-0.2, 0) is 4.74 Å². The van der Waals surface area contributed by atoms with Gasteiger partial charge in [0.2, 0.25) is 11.9 Å². The fourth-order valence-corrected chi connectivity index (χ4v) is 1.91. The van der Waals surface area contributed by atoms with Crippen LogP contribution in [0.4, 0.5) is 11.9 Å². The quantitative estimate of drug-likeness (QED) is 0.556. The number of nitrogens with zero attached hydrogens (tertiary/aromatic N) is 4. The third-order valence-electron chi connectivity index (χ3n) is 2.93. The van der Waals surface area contributed by atoms with E-state index in [1.807, 2.05) is 11.8 Å². The lowest BCUT2D eigenvalue weighted by molar-refractivity contribution is 0.121. The van der Waals surface area contributed by atoms with Crippen molar-refractivity contribution in [3.8, 4) is 6.01 Å². The van der Waals surface area contributed by atoms with Crippen molar-refractivity contribution in [1.82, 2.24) is 15.0 Å². The largest absolute Gasteiger partial charge is 0.463 e. The highest BCUT2D eigenvalue weighted by Crippen LogP contribution is 2.20. The molecule has 2 heterocycles. The number of nitrogens with one attached hydrogen (secondary N) is 1. The number of rotatable bonds is 6. The lowest BCUT2D eigenvalue weighted by Gasteiger charge is -2.17. The summed E-state index contributed by atoms with van der Waals surface area (Å²) < 4.78 is 10.8. The molecule has 1 saturated heterocycles. The summed E-state index contributed by atoms with van der Waals surface area (Å²) in [6, 6.07) is 0.292. The van der Waals surface area contributed by atoms with Crippen molar-refractivity contribution < 1.29 is 9.47 Å². The summed E-state index contributed by atoms with van der Waals surface area (Å²) in [4.78, 5) is 14.6. The molecule has 1 aliphatic heterocycles. The summed E-state index contributed by atoms with van der Waals surface area (Å²) >= 11 is 0. The van der Waals surface area contributed by atoms with Gasteiger partial charge in [0.15, 0.2) is 0 Å². The zero-order chi connectivity index (χ0) is 13.7. The van der Waals surface area contributed by atoms with Gasteiger partial charge in [-0.25, -0.2) is 5.84 Å². The average molecular weight is 268 g/mol. The van der Waals surface area contributed by atoms with E-state index in [-0.39, 0.29) is 6.10 Å². The summed E-state index contributed by atoms with van der Waals surface area (Å²) in [6.07, 6.45) is 2.06. The van der Waals surface area contributed by atoms with Gasteiger partial charge >= 0.3 is 6.01 Å². The Kier molecular flexibility index (Phi) is 4.69. The van der Waals surface area contributed by atoms with Gasteiger partial charge in [-0.3, -0.25) is 5.43 Å². The molecule has 0 saturated carbocycles. The van der Waals surface area contributed by atoms with E-state index in [1.54, 1.807) is 7.11 Å². The van der Waals surface area contributed by atoms with Crippen LogP contribution < -0.4 is 20.9 Å². The summed E-state index contributed by atoms with van der Waals surface area (Å²) in [5, 5.41) is 0. The van der Waals surface area contributed by atoms with Gasteiger partial charge in [0.25, 0.3) is 0 Å². The molecule has 1 atom stereocenters. The average Bonchev–Trinajstić information content (AvgIpc) is 2.93. The summed E-state index contributed by atoms with van der Waals surface area (Å²) in [5.74, 6) is 6.23. The maximum Gasteiger partial charge on any atom is 0.323 e. The number of ether oxygens (including phenoxy) is 2. The topological polar surface area (TPSA) is 98.4 Å². The Bertz CT molecular complexity index is 416. The zero-order valence-electron chi connectivity index (χ0n) is 11.3. The molecule has 8 nitrogen and oxygen atoms in total. The fourth-order valence-electron chi connectivity index (χ4n) is 1.91. The Labute approximate surface area is 112 Å². The van der Waals surface area contributed by atoms with Gasteiger partial charge in [-0.2, -0.15) is 15.0 Å². The molecule has 2 rings (SSSR count). The predicted octanol–water partition coefficient (Wildman–Crippen LogP) is 0.171. The van der Waals surface area contributed by atoms with Gasteiger partial charge < -0.3 is 14.4 Å². The fraction of sp³-hybridized carbons (Fsp3) is 0.727. The van der Waals surface area contributed by atoms with Crippen molar-refractivity contribution >= 4 is 11.9 Å². The third-order valence-corrected chi connectivity index (χ3v) is 2.93.